The highest BCUT2D eigenvalue weighted by molar-refractivity contribution is 6.21. The monoisotopic (exact) mass is 148 g/mol. The summed E-state index contributed by atoms with van der Waals surface area (Å²) in [6.07, 6.45) is 2.31. The largest absolute Gasteiger partial charge is 0.246 e. The molecule has 2 atom stereocenters. The normalized spacial score (nSPS) is 36.1. The summed E-state index contributed by atoms with van der Waals surface area (Å²) in [7, 11) is 0. The lowest BCUT2D eigenvalue weighted by molar-refractivity contribution is 0.313. The zero-order chi connectivity index (χ0) is 6.85. The van der Waals surface area contributed by atoms with Crippen molar-refractivity contribution in [3.8, 4) is 0 Å². The van der Waals surface area contributed by atoms with Crippen LogP contribution in [0.5, 0.6) is 0 Å². The predicted octanol–water partition coefficient (Wildman–Crippen LogP) is 2.67. The van der Waals surface area contributed by atoms with Crippen LogP contribution in [0.3, 0.4) is 0 Å². The lowest BCUT2D eigenvalue weighted by Gasteiger charge is -2.18. The molecule has 2 heteroatoms. The lowest BCUT2D eigenvalue weighted by Crippen LogP contribution is -2.19. The molecule has 1 rings (SSSR count). The van der Waals surface area contributed by atoms with E-state index >= 15 is 0 Å². The third-order valence-corrected chi connectivity index (χ3v) is 2.03. The molecular weight excluding hydrogens is 139 g/mol. The lowest BCUT2D eigenvalue weighted by atomic mass is 9.99. The maximum atomic E-state index is 12.6. The molecule has 0 heterocycles. The van der Waals surface area contributed by atoms with Gasteiger partial charge in [0.2, 0.25) is 0 Å². The first-order valence-corrected chi connectivity index (χ1v) is 3.57. The van der Waals surface area contributed by atoms with E-state index in [1.165, 1.54) is 5.57 Å². The summed E-state index contributed by atoms with van der Waals surface area (Å²) in [5, 5.41) is -0.282. The van der Waals surface area contributed by atoms with Crippen LogP contribution in [0.2, 0.25) is 0 Å². The molecule has 0 N–H and O–H groups in total. The Morgan fingerprint density at radius 3 is 2.89 bits per heavy atom. The van der Waals surface area contributed by atoms with Crippen molar-refractivity contribution in [3.05, 3.63) is 11.6 Å². The van der Waals surface area contributed by atoms with Crippen molar-refractivity contribution in [3.63, 3.8) is 0 Å². The molecule has 0 aromatic carbocycles. The molecular formula is C7H10ClF. The fourth-order valence-corrected chi connectivity index (χ4v) is 1.33. The molecule has 52 valence electrons. The van der Waals surface area contributed by atoms with Gasteiger partial charge in [-0.05, 0) is 19.8 Å². The SMILES string of the molecule is CC1=CCC(F)C(Cl)C1. The van der Waals surface area contributed by atoms with Crippen LogP contribution < -0.4 is 0 Å². The Kier molecular flexibility index (Phi) is 2.12. The summed E-state index contributed by atoms with van der Waals surface area (Å²) in [5.74, 6) is 0. The van der Waals surface area contributed by atoms with Gasteiger partial charge in [-0.1, -0.05) is 11.6 Å². The predicted molar refractivity (Wildman–Crippen MR) is 37.5 cm³/mol. The van der Waals surface area contributed by atoms with Crippen molar-refractivity contribution in [2.75, 3.05) is 0 Å². The fourth-order valence-electron chi connectivity index (χ4n) is 0.980. The number of rotatable bonds is 0. The summed E-state index contributed by atoms with van der Waals surface area (Å²) < 4.78 is 12.6. The summed E-state index contributed by atoms with van der Waals surface area (Å²) in [6, 6.07) is 0. The Balaban J connectivity index is 2.54. The van der Waals surface area contributed by atoms with Gasteiger partial charge in [-0.25, -0.2) is 4.39 Å². The minimum Gasteiger partial charge on any atom is -0.246 e. The van der Waals surface area contributed by atoms with Crippen LogP contribution in [0, 0.1) is 0 Å². The van der Waals surface area contributed by atoms with Gasteiger partial charge in [-0.2, -0.15) is 0 Å². The molecule has 1 aliphatic carbocycles. The Labute approximate surface area is 59.7 Å². The second-order valence-electron chi connectivity index (χ2n) is 2.52. The maximum absolute atomic E-state index is 12.6. The number of halogens is 2. The quantitative estimate of drug-likeness (QED) is 0.366. The van der Waals surface area contributed by atoms with Gasteiger partial charge in [-0.3, -0.25) is 0 Å². The van der Waals surface area contributed by atoms with E-state index in [1.54, 1.807) is 0 Å². The molecule has 0 aromatic heterocycles. The van der Waals surface area contributed by atoms with Gasteiger partial charge >= 0.3 is 0 Å². The molecule has 0 radical (unpaired) electrons. The Hall–Kier alpha value is -0.0400. The van der Waals surface area contributed by atoms with Gasteiger partial charge in [0.05, 0.1) is 5.38 Å². The van der Waals surface area contributed by atoms with Crippen molar-refractivity contribution in [2.45, 2.75) is 31.3 Å². The molecule has 0 saturated carbocycles. The smallest absolute Gasteiger partial charge is 0.120 e. The van der Waals surface area contributed by atoms with Gasteiger partial charge in [0.25, 0.3) is 0 Å². The number of alkyl halides is 2. The molecule has 0 aliphatic heterocycles. The molecule has 0 spiro atoms. The van der Waals surface area contributed by atoms with Crippen LogP contribution in [0.1, 0.15) is 19.8 Å². The second kappa shape index (κ2) is 2.70. The average Bonchev–Trinajstić information content (AvgIpc) is 1.80. The van der Waals surface area contributed by atoms with Crippen LogP contribution >= 0.6 is 11.6 Å². The van der Waals surface area contributed by atoms with E-state index in [9.17, 15) is 4.39 Å². The third-order valence-electron chi connectivity index (χ3n) is 1.60. The van der Waals surface area contributed by atoms with Crippen LogP contribution in [-0.4, -0.2) is 11.5 Å². The van der Waals surface area contributed by atoms with E-state index < -0.39 is 6.17 Å². The summed E-state index contributed by atoms with van der Waals surface area (Å²) in [4.78, 5) is 0. The summed E-state index contributed by atoms with van der Waals surface area (Å²) in [5.41, 5.74) is 1.21. The number of allylic oxidation sites excluding steroid dienone is 2. The first-order chi connectivity index (χ1) is 4.20. The minimum atomic E-state index is -0.824. The van der Waals surface area contributed by atoms with Crippen molar-refractivity contribution in [2.24, 2.45) is 0 Å². The van der Waals surface area contributed by atoms with E-state index in [4.69, 9.17) is 11.6 Å². The fraction of sp³-hybridized carbons (Fsp3) is 0.714. The Bertz CT molecular complexity index is 131. The van der Waals surface area contributed by atoms with Gasteiger partial charge in [0.15, 0.2) is 0 Å². The first kappa shape index (κ1) is 7.07. The molecule has 0 fully saturated rings. The van der Waals surface area contributed by atoms with Crippen LogP contribution in [-0.2, 0) is 0 Å². The van der Waals surface area contributed by atoms with Crippen molar-refractivity contribution >= 4 is 11.6 Å². The zero-order valence-electron chi connectivity index (χ0n) is 5.40. The minimum absolute atomic E-state index is 0.282. The van der Waals surface area contributed by atoms with E-state index in [-0.39, 0.29) is 5.38 Å². The molecule has 0 saturated heterocycles. The van der Waals surface area contributed by atoms with E-state index in [1.807, 2.05) is 13.0 Å². The van der Waals surface area contributed by atoms with Crippen LogP contribution in [0.4, 0.5) is 4.39 Å². The Morgan fingerprint density at radius 2 is 2.44 bits per heavy atom. The van der Waals surface area contributed by atoms with Gasteiger partial charge in [0.1, 0.15) is 6.17 Å². The van der Waals surface area contributed by atoms with Crippen molar-refractivity contribution in [1.82, 2.24) is 0 Å². The summed E-state index contributed by atoms with van der Waals surface area (Å²) >= 11 is 5.65. The molecule has 9 heavy (non-hydrogen) atoms. The molecule has 0 nitrogen and oxygen atoms in total. The first-order valence-electron chi connectivity index (χ1n) is 3.14. The topological polar surface area (TPSA) is 0 Å². The highest BCUT2D eigenvalue weighted by atomic mass is 35.5. The average molecular weight is 149 g/mol. The Morgan fingerprint density at radius 1 is 1.78 bits per heavy atom. The highest BCUT2D eigenvalue weighted by Crippen LogP contribution is 2.24. The molecule has 1 aliphatic rings. The highest BCUT2D eigenvalue weighted by Gasteiger charge is 2.21. The number of hydrogen-bond donors (Lipinski definition) is 0. The third kappa shape index (κ3) is 1.68. The van der Waals surface area contributed by atoms with Crippen LogP contribution in [0.25, 0.3) is 0 Å². The zero-order valence-corrected chi connectivity index (χ0v) is 6.16. The molecule has 0 amide bonds. The van der Waals surface area contributed by atoms with E-state index in [2.05, 4.69) is 0 Å². The standard InChI is InChI=1S/C7H10ClF/c1-5-2-3-7(9)6(8)4-5/h2,6-7H,3-4H2,1H3. The van der Waals surface area contributed by atoms with Gasteiger partial charge in [-0.15, -0.1) is 11.6 Å². The second-order valence-corrected chi connectivity index (χ2v) is 3.08. The van der Waals surface area contributed by atoms with Crippen LogP contribution in [0.15, 0.2) is 11.6 Å². The van der Waals surface area contributed by atoms with Gasteiger partial charge < -0.3 is 0 Å². The maximum Gasteiger partial charge on any atom is 0.120 e. The van der Waals surface area contributed by atoms with Gasteiger partial charge in [0, 0.05) is 0 Å². The van der Waals surface area contributed by atoms with E-state index in [0.717, 1.165) is 0 Å². The van der Waals surface area contributed by atoms with E-state index in [0.29, 0.717) is 12.8 Å². The molecule has 0 aromatic rings. The summed E-state index contributed by atoms with van der Waals surface area (Å²) in [6.45, 7) is 1.99. The number of hydrogen-bond acceptors (Lipinski definition) is 0. The molecule has 0 bridgehead atoms. The van der Waals surface area contributed by atoms with Crippen molar-refractivity contribution in [1.29, 1.82) is 0 Å². The van der Waals surface area contributed by atoms with Crippen molar-refractivity contribution < 1.29 is 4.39 Å². The molecule has 2 unspecified atom stereocenters.